The van der Waals surface area contributed by atoms with Crippen LogP contribution in [0, 0.1) is 23.2 Å². The summed E-state index contributed by atoms with van der Waals surface area (Å²) in [6.07, 6.45) is 6.31. The first-order valence-corrected chi connectivity index (χ1v) is 7.81. The van der Waals surface area contributed by atoms with Gasteiger partial charge in [0.2, 0.25) is 0 Å². The lowest BCUT2D eigenvalue weighted by molar-refractivity contribution is -0.0713. The summed E-state index contributed by atoms with van der Waals surface area (Å²) in [5.74, 6) is 3.22. The minimum atomic E-state index is -0.0498. The maximum absolute atomic E-state index is 9.04. The van der Waals surface area contributed by atoms with Crippen molar-refractivity contribution in [3.05, 3.63) is 0 Å². The molecular weight excluding hydrogens is 222 g/mol. The van der Waals surface area contributed by atoms with E-state index in [4.69, 9.17) is 5.11 Å². The van der Waals surface area contributed by atoms with Crippen molar-refractivity contribution < 1.29 is 5.11 Å². The van der Waals surface area contributed by atoms with Crippen molar-refractivity contribution in [1.29, 1.82) is 0 Å². The Balaban J connectivity index is 0.000000138. The summed E-state index contributed by atoms with van der Waals surface area (Å²) in [5, 5.41) is 12.3. The predicted molar refractivity (Wildman–Crippen MR) is 76.5 cm³/mol. The van der Waals surface area contributed by atoms with Gasteiger partial charge in [0.1, 0.15) is 0 Å². The standard InChI is InChI=1S/C10H18.C6H13NO/c1-7-8-4-5-10(2,3)9(7)6-8;1-5-4-6(8)2-3-7-5/h7-9H,4-6H2,1-3H3;5-8H,2-4H2,1H3. The predicted octanol–water partition coefficient (Wildman–Crippen LogP) is 3.20. The maximum Gasteiger partial charge on any atom is 0.0567 e. The van der Waals surface area contributed by atoms with E-state index < -0.39 is 0 Å². The molecule has 0 aromatic heterocycles. The number of hydrogen-bond donors (Lipinski definition) is 2. The van der Waals surface area contributed by atoms with Crippen molar-refractivity contribution in [2.75, 3.05) is 6.54 Å². The minimum absolute atomic E-state index is 0.0498. The van der Waals surface area contributed by atoms with Crippen LogP contribution in [0.1, 0.15) is 59.8 Å². The summed E-state index contributed by atoms with van der Waals surface area (Å²) in [4.78, 5) is 0. The van der Waals surface area contributed by atoms with Gasteiger partial charge in [0.25, 0.3) is 0 Å². The number of rotatable bonds is 0. The summed E-state index contributed by atoms with van der Waals surface area (Å²) in [6, 6.07) is 0.513. The van der Waals surface area contributed by atoms with Gasteiger partial charge in [0.05, 0.1) is 6.10 Å². The molecule has 4 aliphatic rings. The van der Waals surface area contributed by atoms with Gasteiger partial charge in [0, 0.05) is 6.04 Å². The molecular formula is C16H31NO. The van der Waals surface area contributed by atoms with Crippen molar-refractivity contribution in [3.8, 4) is 0 Å². The Labute approximate surface area is 113 Å². The summed E-state index contributed by atoms with van der Waals surface area (Å²) in [5.41, 5.74) is 0.675. The highest BCUT2D eigenvalue weighted by Crippen LogP contribution is 2.58. The van der Waals surface area contributed by atoms with Crippen LogP contribution < -0.4 is 5.32 Å². The highest BCUT2D eigenvalue weighted by atomic mass is 16.3. The fourth-order valence-electron chi connectivity index (χ4n) is 4.15. The number of piperidine rings is 1. The van der Waals surface area contributed by atoms with Gasteiger partial charge in [-0.2, -0.15) is 0 Å². The van der Waals surface area contributed by atoms with Crippen molar-refractivity contribution in [3.63, 3.8) is 0 Å². The molecule has 3 saturated carbocycles. The Morgan fingerprint density at radius 3 is 2.17 bits per heavy atom. The Morgan fingerprint density at radius 2 is 1.83 bits per heavy atom. The van der Waals surface area contributed by atoms with Gasteiger partial charge in [-0.3, -0.25) is 0 Å². The smallest absolute Gasteiger partial charge is 0.0567 e. The highest BCUT2D eigenvalue weighted by Gasteiger charge is 2.49. The van der Waals surface area contributed by atoms with E-state index in [1.807, 2.05) is 0 Å². The number of hydrogen-bond acceptors (Lipinski definition) is 2. The van der Waals surface area contributed by atoms with Gasteiger partial charge in [-0.25, -0.2) is 0 Å². The van der Waals surface area contributed by atoms with E-state index in [0.29, 0.717) is 11.5 Å². The highest BCUT2D eigenvalue weighted by molar-refractivity contribution is 4.99. The number of fused-ring (bicyclic) bond motifs is 2. The van der Waals surface area contributed by atoms with Gasteiger partial charge in [-0.15, -0.1) is 0 Å². The second-order valence-corrected chi connectivity index (χ2v) is 7.52. The summed E-state index contributed by atoms with van der Waals surface area (Å²) < 4.78 is 0. The van der Waals surface area contributed by atoms with E-state index in [9.17, 15) is 0 Å². The molecule has 5 unspecified atom stereocenters. The van der Waals surface area contributed by atoms with E-state index in [0.717, 1.165) is 37.1 Å². The largest absolute Gasteiger partial charge is 0.393 e. The van der Waals surface area contributed by atoms with E-state index in [1.54, 1.807) is 0 Å². The molecule has 4 rings (SSSR count). The maximum atomic E-state index is 9.04. The summed E-state index contributed by atoms with van der Waals surface area (Å²) >= 11 is 0. The molecule has 4 fully saturated rings. The van der Waals surface area contributed by atoms with Gasteiger partial charge in [-0.05, 0) is 68.7 Å². The van der Waals surface area contributed by atoms with Crippen molar-refractivity contribution in [1.82, 2.24) is 5.32 Å². The molecule has 0 spiro atoms. The quantitative estimate of drug-likeness (QED) is 0.695. The molecule has 5 atom stereocenters. The van der Waals surface area contributed by atoms with E-state index in [-0.39, 0.29) is 6.10 Å². The molecule has 2 N–H and O–H groups in total. The zero-order valence-electron chi connectivity index (χ0n) is 12.6. The molecule has 0 amide bonds. The lowest BCUT2D eigenvalue weighted by Crippen LogP contribution is -2.48. The van der Waals surface area contributed by atoms with E-state index in [2.05, 4.69) is 33.0 Å². The first kappa shape index (κ1) is 14.3. The molecule has 1 heterocycles. The Kier molecular flexibility index (Phi) is 4.38. The van der Waals surface area contributed by atoms with E-state index in [1.165, 1.54) is 19.3 Å². The second-order valence-electron chi connectivity index (χ2n) is 7.52. The zero-order valence-corrected chi connectivity index (χ0v) is 12.6. The number of aliphatic hydroxyl groups is 1. The van der Waals surface area contributed by atoms with Crippen LogP contribution in [-0.2, 0) is 0 Å². The van der Waals surface area contributed by atoms with E-state index >= 15 is 0 Å². The third-order valence-electron chi connectivity index (χ3n) is 5.69. The average molecular weight is 253 g/mol. The molecule has 18 heavy (non-hydrogen) atoms. The molecule has 2 heteroatoms. The molecule has 0 aromatic carbocycles. The fraction of sp³-hybridized carbons (Fsp3) is 1.00. The Hall–Kier alpha value is -0.0800. The molecule has 2 nitrogen and oxygen atoms in total. The van der Waals surface area contributed by atoms with Crippen molar-refractivity contribution in [2.24, 2.45) is 23.2 Å². The molecule has 0 radical (unpaired) electrons. The first-order chi connectivity index (χ1) is 8.40. The molecule has 1 aliphatic heterocycles. The van der Waals surface area contributed by atoms with Crippen LogP contribution in [0.2, 0.25) is 0 Å². The van der Waals surface area contributed by atoms with Crippen LogP contribution in [-0.4, -0.2) is 23.8 Å². The van der Waals surface area contributed by atoms with Gasteiger partial charge in [0.15, 0.2) is 0 Å². The monoisotopic (exact) mass is 253 g/mol. The second kappa shape index (κ2) is 5.50. The lowest BCUT2D eigenvalue weighted by atomic mass is 9.48. The van der Waals surface area contributed by atoms with Crippen molar-refractivity contribution in [2.45, 2.75) is 71.9 Å². The normalized spacial score (nSPS) is 45.5. The minimum Gasteiger partial charge on any atom is -0.393 e. The topological polar surface area (TPSA) is 32.3 Å². The molecule has 1 saturated heterocycles. The first-order valence-electron chi connectivity index (χ1n) is 7.81. The molecule has 106 valence electrons. The van der Waals surface area contributed by atoms with Gasteiger partial charge in [-0.1, -0.05) is 20.8 Å². The fourth-order valence-corrected chi connectivity index (χ4v) is 4.15. The average Bonchev–Trinajstić information content (AvgIpc) is 2.27. The number of nitrogens with one attached hydrogen (secondary N) is 1. The van der Waals surface area contributed by atoms with Crippen LogP contribution in [0.25, 0.3) is 0 Å². The Morgan fingerprint density at radius 1 is 1.11 bits per heavy atom. The number of aliphatic hydroxyl groups excluding tert-OH is 1. The van der Waals surface area contributed by atoms with Crippen LogP contribution in [0.3, 0.4) is 0 Å². The summed E-state index contributed by atoms with van der Waals surface area (Å²) in [6.45, 7) is 10.4. The van der Waals surface area contributed by atoms with Crippen LogP contribution in [0.5, 0.6) is 0 Å². The molecule has 0 aromatic rings. The van der Waals surface area contributed by atoms with Gasteiger partial charge >= 0.3 is 0 Å². The molecule has 2 bridgehead atoms. The van der Waals surface area contributed by atoms with Crippen LogP contribution in [0.15, 0.2) is 0 Å². The summed E-state index contributed by atoms with van der Waals surface area (Å²) in [7, 11) is 0. The van der Waals surface area contributed by atoms with Crippen LogP contribution in [0.4, 0.5) is 0 Å². The lowest BCUT2D eigenvalue weighted by Gasteiger charge is -2.57. The van der Waals surface area contributed by atoms with Gasteiger partial charge < -0.3 is 10.4 Å². The third kappa shape index (κ3) is 3.08. The zero-order chi connectivity index (χ0) is 13.3. The molecule has 3 aliphatic carbocycles. The Bertz CT molecular complexity index is 266. The third-order valence-corrected chi connectivity index (χ3v) is 5.69. The SMILES string of the molecule is CC1C2CCC(C)(C)C1C2.CC1CC(O)CCN1. The van der Waals surface area contributed by atoms with Crippen molar-refractivity contribution >= 4 is 0 Å². The van der Waals surface area contributed by atoms with Crippen LogP contribution >= 0.6 is 0 Å².